The first-order valence-electron chi connectivity index (χ1n) is 6.27. The van der Waals surface area contributed by atoms with Crippen LogP contribution in [0.3, 0.4) is 0 Å². The van der Waals surface area contributed by atoms with Gasteiger partial charge in [0.2, 0.25) is 5.91 Å². The summed E-state index contributed by atoms with van der Waals surface area (Å²) in [6.07, 6.45) is 0.826. The SMILES string of the molecule is CCOC(=O)C(NC(=O)C1CNC1)C(C)CC. The molecule has 0 aromatic heterocycles. The summed E-state index contributed by atoms with van der Waals surface area (Å²) in [5.74, 6) is -0.299. The number of carbonyl (C=O) groups is 2. The monoisotopic (exact) mass is 242 g/mol. The predicted molar refractivity (Wildman–Crippen MR) is 64.4 cm³/mol. The molecule has 2 atom stereocenters. The van der Waals surface area contributed by atoms with Crippen molar-refractivity contribution in [2.75, 3.05) is 19.7 Å². The molecule has 2 unspecified atom stereocenters. The summed E-state index contributed by atoms with van der Waals surface area (Å²) in [5, 5.41) is 5.84. The maximum absolute atomic E-state index is 11.8. The van der Waals surface area contributed by atoms with Gasteiger partial charge in [0.15, 0.2) is 0 Å². The van der Waals surface area contributed by atoms with Crippen LogP contribution in [0.4, 0.5) is 0 Å². The molecule has 0 saturated carbocycles. The Hall–Kier alpha value is -1.10. The molecular formula is C12H22N2O3. The molecular weight excluding hydrogens is 220 g/mol. The van der Waals surface area contributed by atoms with Crippen LogP contribution >= 0.6 is 0 Å². The molecule has 2 N–H and O–H groups in total. The van der Waals surface area contributed by atoms with Gasteiger partial charge in [-0.25, -0.2) is 4.79 Å². The van der Waals surface area contributed by atoms with Gasteiger partial charge in [-0.05, 0) is 12.8 Å². The van der Waals surface area contributed by atoms with Crippen molar-refractivity contribution in [2.24, 2.45) is 11.8 Å². The lowest BCUT2D eigenvalue weighted by Gasteiger charge is -2.29. The third kappa shape index (κ3) is 3.70. The fraction of sp³-hybridized carbons (Fsp3) is 0.833. The van der Waals surface area contributed by atoms with E-state index >= 15 is 0 Å². The molecule has 1 saturated heterocycles. The Morgan fingerprint density at radius 3 is 2.47 bits per heavy atom. The zero-order valence-corrected chi connectivity index (χ0v) is 10.8. The molecule has 0 radical (unpaired) electrons. The van der Waals surface area contributed by atoms with E-state index in [1.54, 1.807) is 6.92 Å². The van der Waals surface area contributed by atoms with Crippen molar-refractivity contribution in [3.63, 3.8) is 0 Å². The number of ether oxygens (including phenoxy) is 1. The minimum absolute atomic E-state index is 0.00372. The molecule has 5 nitrogen and oxygen atoms in total. The molecule has 1 aliphatic rings. The van der Waals surface area contributed by atoms with E-state index in [0.717, 1.165) is 6.42 Å². The first kappa shape index (κ1) is 14.0. The van der Waals surface area contributed by atoms with Crippen LogP contribution in [-0.2, 0) is 14.3 Å². The molecule has 5 heteroatoms. The van der Waals surface area contributed by atoms with E-state index in [0.29, 0.717) is 19.7 Å². The van der Waals surface area contributed by atoms with Gasteiger partial charge in [0.05, 0.1) is 12.5 Å². The van der Waals surface area contributed by atoms with E-state index in [-0.39, 0.29) is 23.7 Å². The molecule has 98 valence electrons. The fourth-order valence-electron chi connectivity index (χ4n) is 1.65. The average molecular weight is 242 g/mol. The van der Waals surface area contributed by atoms with E-state index < -0.39 is 6.04 Å². The normalized spacial score (nSPS) is 19.0. The average Bonchev–Trinajstić information content (AvgIpc) is 2.22. The van der Waals surface area contributed by atoms with Crippen molar-refractivity contribution in [3.8, 4) is 0 Å². The fourth-order valence-corrected chi connectivity index (χ4v) is 1.65. The minimum atomic E-state index is -0.520. The summed E-state index contributed by atoms with van der Waals surface area (Å²) in [6.45, 7) is 7.44. The van der Waals surface area contributed by atoms with Crippen molar-refractivity contribution in [1.82, 2.24) is 10.6 Å². The van der Waals surface area contributed by atoms with Gasteiger partial charge < -0.3 is 15.4 Å². The Morgan fingerprint density at radius 2 is 2.06 bits per heavy atom. The molecule has 0 aliphatic carbocycles. The summed E-state index contributed by atoms with van der Waals surface area (Å²) in [4.78, 5) is 23.6. The van der Waals surface area contributed by atoms with Gasteiger partial charge in [0, 0.05) is 13.1 Å². The second kappa shape index (κ2) is 6.59. The van der Waals surface area contributed by atoms with Crippen LogP contribution in [0.15, 0.2) is 0 Å². The molecule has 1 amide bonds. The van der Waals surface area contributed by atoms with Gasteiger partial charge >= 0.3 is 5.97 Å². The largest absolute Gasteiger partial charge is 0.464 e. The van der Waals surface area contributed by atoms with Crippen LogP contribution in [-0.4, -0.2) is 37.6 Å². The van der Waals surface area contributed by atoms with Crippen LogP contribution < -0.4 is 10.6 Å². The smallest absolute Gasteiger partial charge is 0.328 e. The summed E-state index contributed by atoms with van der Waals surface area (Å²) in [7, 11) is 0. The van der Waals surface area contributed by atoms with Crippen LogP contribution in [0.2, 0.25) is 0 Å². The van der Waals surface area contributed by atoms with E-state index in [1.807, 2.05) is 13.8 Å². The quantitative estimate of drug-likeness (QED) is 0.657. The predicted octanol–water partition coefficient (Wildman–Crippen LogP) is 0.300. The lowest BCUT2D eigenvalue weighted by molar-refractivity contribution is -0.149. The van der Waals surface area contributed by atoms with Gasteiger partial charge in [-0.2, -0.15) is 0 Å². The third-order valence-electron chi connectivity index (χ3n) is 3.20. The second-order valence-corrected chi connectivity index (χ2v) is 4.48. The molecule has 0 spiro atoms. The second-order valence-electron chi connectivity index (χ2n) is 4.48. The van der Waals surface area contributed by atoms with E-state index in [4.69, 9.17) is 4.74 Å². The maximum atomic E-state index is 11.8. The van der Waals surface area contributed by atoms with E-state index in [1.165, 1.54) is 0 Å². The zero-order chi connectivity index (χ0) is 12.8. The standard InChI is InChI=1S/C12H22N2O3/c1-4-8(3)10(12(16)17-5-2)14-11(15)9-6-13-7-9/h8-10,13H,4-7H2,1-3H3,(H,14,15). The van der Waals surface area contributed by atoms with Crippen molar-refractivity contribution in [3.05, 3.63) is 0 Å². The number of carbonyl (C=O) groups excluding carboxylic acids is 2. The van der Waals surface area contributed by atoms with E-state index in [2.05, 4.69) is 10.6 Å². The van der Waals surface area contributed by atoms with Crippen LogP contribution in [0.25, 0.3) is 0 Å². The molecule has 0 aromatic rings. The van der Waals surface area contributed by atoms with Crippen molar-refractivity contribution in [1.29, 1.82) is 0 Å². The van der Waals surface area contributed by atoms with Crippen molar-refractivity contribution >= 4 is 11.9 Å². The number of esters is 1. The summed E-state index contributed by atoms with van der Waals surface area (Å²) in [6, 6.07) is -0.520. The molecule has 0 aromatic carbocycles. The van der Waals surface area contributed by atoms with Crippen LogP contribution in [0.1, 0.15) is 27.2 Å². The lowest BCUT2D eigenvalue weighted by atomic mass is 9.96. The third-order valence-corrected chi connectivity index (χ3v) is 3.20. The summed E-state index contributed by atoms with van der Waals surface area (Å²) in [5.41, 5.74) is 0. The van der Waals surface area contributed by atoms with Gasteiger partial charge in [0.1, 0.15) is 6.04 Å². The van der Waals surface area contributed by atoms with E-state index in [9.17, 15) is 9.59 Å². The Bertz CT molecular complexity index is 277. The lowest BCUT2D eigenvalue weighted by Crippen LogP contribution is -2.55. The van der Waals surface area contributed by atoms with Crippen LogP contribution in [0, 0.1) is 11.8 Å². The van der Waals surface area contributed by atoms with Gasteiger partial charge in [-0.1, -0.05) is 20.3 Å². The molecule has 0 bridgehead atoms. The minimum Gasteiger partial charge on any atom is -0.464 e. The highest BCUT2D eigenvalue weighted by Crippen LogP contribution is 2.11. The Balaban J connectivity index is 2.55. The highest BCUT2D eigenvalue weighted by molar-refractivity contribution is 5.86. The maximum Gasteiger partial charge on any atom is 0.328 e. The van der Waals surface area contributed by atoms with Crippen molar-refractivity contribution in [2.45, 2.75) is 33.2 Å². The highest BCUT2D eigenvalue weighted by atomic mass is 16.5. The van der Waals surface area contributed by atoms with Gasteiger partial charge in [0.25, 0.3) is 0 Å². The highest BCUT2D eigenvalue weighted by Gasteiger charge is 2.32. The number of hydrogen-bond donors (Lipinski definition) is 2. The first-order valence-corrected chi connectivity index (χ1v) is 6.27. The Morgan fingerprint density at radius 1 is 1.41 bits per heavy atom. The molecule has 1 aliphatic heterocycles. The van der Waals surface area contributed by atoms with Crippen LogP contribution in [0.5, 0.6) is 0 Å². The van der Waals surface area contributed by atoms with Crippen molar-refractivity contribution < 1.29 is 14.3 Å². The Kier molecular flexibility index (Phi) is 5.41. The summed E-state index contributed by atoms with van der Waals surface area (Å²) >= 11 is 0. The zero-order valence-electron chi connectivity index (χ0n) is 10.8. The van der Waals surface area contributed by atoms with Gasteiger partial charge in [-0.15, -0.1) is 0 Å². The number of amides is 1. The number of hydrogen-bond acceptors (Lipinski definition) is 4. The molecule has 17 heavy (non-hydrogen) atoms. The van der Waals surface area contributed by atoms with Gasteiger partial charge in [-0.3, -0.25) is 4.79 Å². The molecule has 1 rings (SSSR count). The first-order chi connectivity index (χ1) is 8.10. The number of nitrogens with one attached hydrogen (secondary N) is 2. The summed E-state index contributed by atoms with van der Waals surface area (Å²) < 4.78 is 4.99. The topological polar surface area (TPSA) is 67.4 Å². The Labute approximate surface area is 102 Å². The molecule has 1 fully saturated rings. The number of rotatable bonds is 6. The molecule has 1 heterocycles.